The molecule has 0 amide bonds. The first-order valence-electron chi connectivity index (χ1n) is 9.96. The summed E-state index contributed by atoms with van der Waals surface area (Å²) >= 11 is 0. The Hall–Kier alpha value is -0.260. The smallest absolute Gasteiger partial charge is 0.0236 e. The third-order valence-electron chi connectivity index (χ3n) is 6.42. The molecule has 0 N–H and O–H groups in total. The van der Waals surface area contributed by atoms with E-state index in [9.17, 15) is 0 Å². The average Bonchev–Trinajstić information content (AvgIpc) is 2.55. The largest absolute Gasteiger partial charge is 0.103 e. The van der Waals surface area contributed by atoms with Crippen LogP contribution in [-0.4, -0.2) is 0 Å². The third-order valence-corrected chi connectivity index (χ3v) is 6.42. The van der Waals surface area contributed by atoms with Crippen LogP contribution in [0, 0.1) is 23.7 Å². The van der Waals surface area contributed by atoms with Gasteiger partial charge in [0.25, 0.3) is 0 Å². The van der Waals surface area contributed by atoms with Gasteiger partial charge in [-0.15, -0.1) is 6.58 Å². The Labute approximate surface area is 133 Å². The molecule has 2 fully saturated rings. The number of hydrogen-bond acceptors (Lipinski definition) is 0. The van der Waals surface area contributed by atoms with Gasteiger partial charge in [0.2, 0.25) is 0 Å². The van der Waals surface area contributed by atoms with Gasteiger partial charge in [-0.2, -0.15) is 0 Å². The molecule has 2 rings (SSSR count). The highest BCUT2D eigenvalue weighted by molar-refractivity contribution is 4.87. The molecule has 0 atom stereocenters. The van der Waals surface area contributed by atoms with E-state index in [1.54, 1.807) is 25.7 Å². The molecule has 0 spiro atoms. The van der Waals surface area contributed by atoms with Crippen LogP contribution in [0.2, 0.25) is 0 Å². The van der Waals surface area contributed by atoms with Crippen molar-refractivity contribution in [1.29, 1.82) is 0 Å². The Balaban J connectivity index is 1.57. The minimum absolute atomic E-state index is 0.834. The molecular formula is C21H38. The van der Waals surface area contributed by atoms with Gasteiger partial charge in [-0.05, 0) is 62.2 Å². The summed E-state index contributed by atoms with van der Waals surface area (Å²) in [7, 11) is 0. The Kier molecular flexibility index (Phi) is 7.89. The lowest BCUT2D eigenvalue weighted by atomic mass is 9.68. The zero-order valence-corrected chi connectivity index (χ0v) is 14.5. The van der Waals surface area contributed by atoms with Gasteiger partial charge in [0.15, 0.2) is 0 Å². The maximum Gasteiger partial charge on any atom is -0.0236 e. The van der Waals surface area contributed by atoms with E-state index >= 15 is 0 Å². The molecule has 0 aromatic rings. The van der Waals surface area contributed by atoms with Gasteiger partial charge in [-0.25, -0.2) is 0 Å². The van der Waals surface area contributed by atoms with Crippen molar-refractivity contribution in [2.24, 2.45) is 23.7 Å². The summed E-state index contributed by atoms with van der Waals surface area (Å²) < 4.78 is 0. The van der Waals surface area contributed by atoms with E-state index in [1.165, 1.54) is 64.2 Å². The maximum absolute atomic E-state index is 3.98. The number of hydrogen-bond donors (Lipinski definition) is 0. The second-order valence-electron chi connectivity index (χ2n) is 7.89. The van der Waals surface area contributed by atoms with Gasteiger partial charge in [-0.3, -0.25) is 0 Å². The summed E-state index contributed by atoms with van der Waals surface area (Å²) in [6, 6.07) is 0. The monoisotopic (exact) mass is 290 g/mol. The zero-order chi connectivity index (χ0) is 14.9. The molecule has 0 saturated heterocycles. The van der Waals surface area contributed by atoms with Crippen LogP contribution >= 0.6 is 0 Å². The van der Waals surface area contributed by atoms with Crippen LogP contribution in [0.3, 0.4) is 0 Å². The van der Waals surface area contributed by atoms with Crippen molar-refractivity contribution in [3.63, 3.8) is 0 Å². The van der Waals surface area contributed by atoms with Gasteiger partial charge in [0.05, 0.1) is 0 Å². The third kappa shape index (κ3) is 5.80. The second kappa shape index (κ2) is 9.70. The van der Waals surface area contributed by atoms with E-state index in [4.69, 9.17) is 0 Å². The van der Waals surface area contributed by atoms with Crippen LogP contribution < -0.4 is 0 Å². The molecule has 0 aromatic carbocycles. The molecule has 122 valence electrons. The number of unbranched alkanes of at least 4 members (excludes halogenated alkanes) is 4. The minimum atomic E-state index is 0.834. The first kappa shape index (κ1) is 17.1. The molecule has 2 aliphatic carbocycles. The first-order valence-corrected chi connectivity index (χ1v) is 9.96. The van der Waals surface area contributed by atoms with Gasteiger partial charge >= 0.3 is 0 Å². The van der Waals surface area contributed by atoms with E-state index in [0.717, 1.165) is 23.7 Å². The van der Waals surface area contributed by atoms with Gasteiger partial charge < -0.3 is 0 Å². The Bertz CT molecular complexity index is 264. The summed E-state index contributed by atoms with van der Waals surface area (Å²) in [6.45, 7) is 6.29. The maximum atomic E-state index is 3.98. The van der Waals surface area contributed by atoms with Crippen molar-refractivity contribution in [2.45, 2.75) is 96.8 Å². The van der Waals surface area contributed by atoms with E-state index in [-0.39, 0.29) is 0 Å². The van der Waals surface area contributed by atoms with Crippen molar-refractivity contribution in [1.82, 2.24) is 0 Å². The normalized spacial score (nSPS) is 33.8. The number of allylic oxidation sites excluding steroid dienone is 1. The fourth-order valence-electron chi connectivity index (χ4n) is 4.84. The summed E-state index contributed by atoms with van der Waals surface area (Å²) in [6.07, 6.45) is 23.0. The summed E-state index contributed by atoms with van der Waals surface area (Å²) in [5, 5.41) is 0. The highest BCUT2D eigenvalue weighted by Gasteiger charge is 2.29. The fourth-order valence-corrected chi connectivity index (χ4v) is 4.84. The van der Waals surface area contributed by atoms with E-state index in [0.29, 0.717) is 0 Å². The number of rotatable bonds is 8. The highest BCUT2D eigenvalue weighted by Crippen LogP contribution is 2.42. The molecule has 0 aliphatic heterocycles. The predicted molar refractivity (Wildman–Crippen MR) is 94.5 cm³/mol. The van der Waals surface area contributed by atoms with Crippen molar-refractivity contribution < 1.29 is 0 Å². The zero-order valence-electron chi connectivity index (χ0n) is 14.5. The second-order valence-corrected chi connectivity index (χ2v) is 7.89. The molecule has 0 aromatic heterocycles. The molecule has 0 heteroatoms. The van der Waals surface area contributed by atoms with Gasteiger partial charge in [0.1, 0.15) is 0 Å². The van der Waals surface area contributed by atoms with Crippen LogP contribution in [0.15, 0.2) is 12.7 Å². The summed E-state index contributed by atoms with van der Waals surface area (Å²) in [5.74, 6) is 4.05. The van der Waals surface area contributed by atoms with E-state index in [2.05, 4.69) is 19.6 Å². The van der Waals surface area contributed by atoms with E-state index < -0.39 is 0 Å². The SMILES string of the molecule is C=CC1CCC(C2CCC(CCCCCCC)CC2)CC1. The topological polar surface area (TPSA) is 0 Å². The van der Waals surface area contributed by atoms with Crippen LogP contribution in [0.25, 0.3) is 0 Å². The van der Waals surface area contributed by atoms with Crippen LogP contribution in [0.4, 0.5) is 0 Å². The van der Waals surface area contributed by atoms with Gasteiger partial charge in [-0.1, -0.05) is 64.4 Å². The summed E-state index contributed by atoms with van der Waals surface area (Å²) in [4.78, 5) is 0. The fraction of sp³-hybridized carbons (Fsp3) is 0.905. The minimum Gasteiger partial charge on any atom is -0.103 e. The van der Waals surface area contributed by atoms with Gasteiger partial charge in [0, 0.05) is 0 Å². The Morgan fingerprint density at radius 3 is 1.90 bits per heavy atom. The van der Waals surface area contributed by atoms with Crippen molar-refractivity contribution >= 4 is 0 Å². The molecule has 0 nitrogen and oxygen atoms in total. The standard InChI is InChI=1S/C21H38/c1-3-5-6-7-8-9-19-12-16-21(17-13-19)20-14-10-18(4-2)11-15-20/h4,18-21H,2-3,5-17H2,1H3. The van der Waals surface area contributed by atoms with Crippen LogP contribution in [0.1, 0.15) is 96.8 Å². The quantitative estimate of drug-likeness (QED) is 0.329. The van der Waals surface area contributed by atoms with Crippen LogP contribution in [-0.2, 0) is 0 Å². The molecule has 0 heterocycles. The lowest BCUT2D eigenvalue weighted by Gasteiger charge is -2.37. The highest BCUT2D eigenvalue weighted by atomic mass is 14.3. The van der Waals surface area contributed by atoms with Crippen molar-refractivity contribution in [3.8, 4) is 0 Å². The van der Waals surface area contributed by atoms with E-state index in [1.807, 2.05) is 0 Å². The molecular weight excluding hydrogens is 252 g/mol. The average molecular weight is 291 g/mol. The first-order chi connectivity index (χ1) is 10.3. The Morgan fingerprint density at radius 2 is 1.33 bits per heavy atom. The van der Waals surface area contributed by atoms with Crippen molar-refractivity contribution in [2.75, 3.05) is 0 Å². The molecule has 0 bridgehead atoms. The van der Waals surface area contributed by atoms with Crippen LogP contribution in [0.5, 0.6) is 0 Å². The molecule has 0 unspecified atom stereocenters. The lowest BCUT2D eigenvalue weighted by molar-refractivity contribution is 0.151. The van der Waals surface area contributed by atoms with Crippen molar-refractivity contribution in [3.05, 3.63) is 12.7 Å². The summed E-state index contributed by atoms with van der Waals surface area (Å²) in [5.41, 5.74) is 0. The Morgan fingerprint density at radius 1 is 0.762 bits per heavy atom. The predicted octanol–water partition coefficient (Wildman–Crippen LogP) is 7.15. The lowest BCUT2D eigenvalue weighted by Crippen LogP contribution is -2.25. The molecule has 2 aliphatic rings. The molecule has 0 radical (unpaired) electrons. The molecule has 2 saturated carbocycles. The molecule has 21 heavy (non-hydrogen) atoms.